The summed E-state index contributed by atoms with van der Waals surface area (Å²) >= 11 is 0. The minimum absolute atomic E-state index is 0.00643. The summed E-state index contributed by atoms with van der Waals surface area (Å²) < 4.78 is 30.4. The molecule has 3 aliphatic heterocycles. The van der Waals surface area contributed by atoms with E-state index in [2.05, 4.69) is 25.2 Å². The van der Waals surface area contributed by atoms with Crippen LogP contribution < -0.4 is 5.32 Å². The lowest BCUT2D eigenvalue weighted by Crippen LogP contribution is -2.67. The topological polar surface area (TPSA) is 130 Å². The average molecular weight is 600 g/mol. The summed E-state index contributed by atoms with van der Waals surface area (Å²) in [5.74, 6) is -2.34. The van der Waals surface area contributed by atoms with Crippen molar-refractivity contribution < 1.29 is 42.9 Å². The van der Waals surface area contributed by atoms with Crippen LogP contribution in [0.4, 0.5) is 0 Å². The van der Waals surface area contributed by atoms with Gasteiger partial charge in [-0.2, -0.15) is 0 Å². The maximum absolute atomic E-state index is 13.9. The van der Waals surface area contributed by atoms with Crippen LogP contribution in [-0.4, -0.2) is 73.6 Å². The van der Waals surface area contributed by atoms with E-state index in [0.29, 0.717) is 32.3 Å². The Morgan fingerprint density at radius 1 is 1.07 bits per heavy atom. The van der Waals surface area contributed by atoms with Crippen molar-refractivity contribution in [2.24, 2.45) is 22.2 Å². The lowest BCUT2D eigenvalue weighted by molar-refractivity contribution is -0.233. The number of hydrogen-bond acceptors (Lipinski definition) is 9. The fraction of sp³-hybridized carbons (Fsp3) is 0.697. The monoisotopic (exact) mass is 599 g/mol. The molecular weight excluding hydrogens is 554 g/mol. The molecule has 0 aromatic rings. The van der Waals surface area contributed by atoms with Gasteiger partial charge in [-0.15, -0.1) is 0 Å². The van der Waals surface area contributed by atoms with Gasteiger partial charge in [0.2, 0.25) is 5.91 Å². The summed E-state index contributed by atoms with van der Waals surface area (Å²) in [6.45, 7) is 12.1. The number of allylic oxidation sites excluding steroid dienone is 3. The van der Waals surface area contributed by atoms with Gasteiger partial charge < -0.3 is 29.0 Å². The highest BCUT2D eigenvalue weighted by Gasteiger charge is 2.83. The molecule has 1 saturated carbocycles. The Kier molecular flexibility index (Phi) is 8.41. The van der Waals surface area contributed by atoms with Crippen LogP contribution in [0.1, 0.15) is 73.6 Å². The van der Waals surface area contributed by atoms with Crippen LogP contribution in [0, 0.1) is 22.2 Å². The summed E-state index contributed by atoms with van der Waals surface area (Å²) in [4.78, 5) is 52.4. The fourth-order valence-electron chi connectivity index (χ4n) is 7.36. The van der Waals surface area contributed by atoms with Crippen molar-refractivity contribution in [1.29, 1.82) is 0 Å². The second-order valence-corrected chi connectivity index (χ2v) is 13.7. The quantitative estimate of drug-likeness (QED) is 0.223. The summed E-state index contributed by atoms with van der Waals surface area (Å²) in [7, 11) is 0. The van der Waals surface area contributed by atoms with E-state index in [1.807, 2.05) is 27.7 Å². The summed E-state index contributed by atoms with van der Waals surface area (Å²) in [5, 5.41) is 2.94. The molecule has 5 aliphatic rings. The van der Waals surface area contributed by atoms with E-state index in [1.54, 1.807) is 0 Å². The van der Waals surface area contributed by atoms with Crippen LogP contribution >= 0.6 is 0 Å². The first-order chi connectivity index (χ1) is 20.3. The zero-order valence-electron chi connectivity index (χ0n) is 26.1. The molecule has 4 unspecified atom stereocenters. The zero-order valence-corrected chi connectivity index (χ0v) is 26.1. The Morgan fingerprint density at radius 2 is 1.77 bits per heavy atom. The van der Waals surface area contributed by atoms with Crippen molar-refractivity contribution in [2.45, 2.75) is 104 Å². The highest BCUT2D eigenvalue weighted by molar-refractivity contribution is 5.88. The molecule has 1 amide bonds. The molecule has 2 saturated heterocycles. The second kappa shape index (κ2) is 11.5. The highest BCUT2D eigenvalue weighted by atomic mass is 16.6. The van der Waals surface area contributed by atoms with Gasteiger partial charge >= 0.3 is 17.9 Å². The number of amides is 1. The van der Waals surface area contributed by atoms with E-state index in [0.717, 1.165) is 6.42 Å². The largest absolute Gasteiger partial charge is 0.463 e. The lowest BCUT2D eigenvalue weighted by Gasteiger charge is -2.58. The van der Waals surface area contributed by atoms with E-state index >= 15 is 0 Å². The number of carbonyl (C=O) groups is 4. The molecule has 10 nitrogen and oxygen atoms in total. The van der Waals surface area contributed by atoms with Crippen LogP contribution in [0.5, 0.6) is 0 Å². The van der Waals surface area contributed by atoms with E-state index in [1.165, 1.54) is 29.9 Å². The Balaban J connectivity index is 1.53. The van der Waals surface area contributed by atoms with Crippen molar-refractivity contribution in [3.63, 3.8) is 0 Å². The van der Waals surface area contributed by atoms with Crippen molar-refractivity contribution in [2.75, 3.05) is 19.8 Å². The molecule has 236 valence electrons. The number of rotatable bonds is 3. The fourth-order valence-corrected chi connectivity index (χ4v) is 7.36. The lowest BCUT2D eigenvalue weighted by atomic mass is 9.51. The summed E-state index contributed by atoms with van der Waals surface area (Å²) in [6, 6.07) is -0.960. The maximum Gasteiger partial charge on any atom is 0.331 e. The zero-order chi connectivity index (χ0) is 31.2. The minimum atomic E-state index is -0.960. The van der Waals surface area contributed by atoms with Gasteiger partial charge in [-0.3, -0.25) is 4.79 Å². The first kappa shape index (κ1) is 31.4. The van der Waals surface area contributed by atoms with Gasteiger partial charge in [0.15, 0.2) is 0 Å². The Labute approximate surface area is 253 Å². The van der Waals surface area contributed by atoms with Crippen LogP contribution in [0.15, 0.2) is 36.0 Å². The predicted molar refractivity (Wildman–Crippen MR) is 155 cm³/mol. The molecule has 8 atom stereocenters. The molecule has 10 heteroatoms. The minimum Gasteiger partial charge on any atom is -0.463 e. The van der Waals surface area contributed by atoms with Gasteiger partial charge in [-0.05, 0) is 38.5 Å². The van der Waals surface area contributed by atoms with Crippen molar-refractivity contribution >= 4 is 23.8 Å². The van der Waals surface area contributed by atoms with Gasteiger partial charge in [0, 0.05) is 29.4 Å². The first-order valence-electron chi connectivity index (χ1n) is 15.5. The smallest absolute Gasteiger partial charge is 0.331 e. The van der Waals surface area contributed by atoms with E-state index in [4.69, 9.17) is 23.7 Å². The molecule has 3 heterocycles. The standard InChI is InChI=1S/C33H45NO9/c1-7-30(4,5)29(38)34-27-21(3)13-15-39-25(35)10-8-9-11-26(36)43-22-17-24-33(19-41-33)31(22,6)32(18-40-28(27)37)14-12-20(2)16-23(32)42-24/h8-11,16,21-24,27H,7,12-15,17-19H2,1-6H3,(H,34,38)/b10-8+,11-9-/t21-,22?,23-,24?,27?,31?,32-,33+/m1/s1. The third kappa shape index (κ3) is 5.35. The average Bonchev–Trinajstić information content (AvgIpc) is 3.74. The van der Waals surface area contributed by atoms with Crippen LogP contribution in [0.25, 0.3) is 0 Å². The SMILES string of the molecule is CCC(C)(C)C(=O)NC1C(=O)OC[C@]23CCC(C)=C[C@H]2OC2CC(OC(=O)/C=C\C=C\C(=O)OCC[C@H]1C)C3(C)[C@]21CO1. The third-order valence-electron chi connectivity index (χ3n) is 10.9. The molecular formula is C33H45NO9. The third-order valence-corrected chi connectivity index (χ3v) is 10.9. The number of cyclic esters (lactones) is 2. The normalized spacial score (nSPS) is 41.4. The van der Waals surface area contributed by atoms with Gasteiger partial charge in [0.05, 0.1) is 30.8 Å². The van der Waals surface area contributed by atoms with E-state index in [-0.39, 0.29) is 37.2 Å². The number of nitrogens with one attached hydrogen (secondary N) is 1. The number of esters is 3. The number of hydrogen-bond donors (Lipinski definition) is 1. The molecule has 3 fully saturated rings. The summed E-state index contributed by atoms with van der Waals surface area (Å²) in [5.41, 5.74) is -1.60. The second-order valence-electron chi connectivity index (χ2n) is 13.7. The van der Waals surface area contributed by atoms with Gasteiger partial charge in [0.25, 0.3) is 0 Å². The summed E-state index contributed by atoms with van der Waals surface area (Å²) in [6.07, 6.45) is 9.08. The van der Waals surface area contributed by atoms with E-state index < -0.39 is 51.9 Å². The van der Waals surface area contributed by atoms with Crippen molar-refractivity contribution in [1.82, 2.24) is 5.32 Å². The molecule has 2 bridgehead atoms. The molecule has 0 radical (unpaired) electrons. The number of carbonyl (C=O) groups excluding carboxylic acids is 4. The molecule has 0 aromatic heterocycles. The molecule has 2 spiro atoms. The Bertz CT molecular complexity index is 1250. The van der Waals surface area contributed by atoms with Crippen molar-refractivity contribution in [3.05, 3.63) is 36.0 Å². The molecule has 5 rings (SSSR count). The van der Waals surface area contributed by atoms with Crippen LogP contribution in [0.2, 0.25) is 0 Å². The van der Waals surface area contributed by atoms with Crippen molar-refractivity contribution in [3.8, 4) is 0 Å². The number of ether oxygens (including phenoxy) is 5. The predicted octanol–water partition coefficient (Wildman–Crippen LogP) is 3.73. The van der Waals surface area contributed by atoms with Crippen LogP contribution in [0.3, 0.4) is 0 Å². The molecule has 2 aliphatic carbocycles. The molecule has 43 heavy (non-hydrogen) atoms. The van der Waals surface area contributed by atoms with E-state index in [9.17, 15) is 19.2 Å². The molecule has 0 aromatic carbocycles. The Hall–Kier alpha value is -2.98. The maximum atomic E-state index is 13.9. The van der Waals surface area contributed by atoms with Gasteiger partial charge in [-0.25, -0.2) is 14.4 Å². The Morgan fingerprint density at radius 3 is 2.44 bits per heavy atom. The first-order valence-corrected chi connectivity index (χ1v) is 15.5. The van der Waals surface area contributed by atoms with Gasteiger partial charge in [-0.1, -0.05) is 58.4 Å². The van der Waals surface area contributed by atoms with Crippen LogP contribution in [-0.2, 0) is 42.9 Å². The van der Waals surface area contributed by atoms with Gasteiger partial charge in [0.1, 0.15) is 24.4 Å². The highest BCUT2D eigenvalue weighted by Crippen LogP contribution is 2.72. The molecule has 1 N–H and O–H groups in total. The number of epoxide rings is 1.